The van der Waals surface area contributed by atoms with E-state index in [-0.39, 0.29) is 12.7 Å². The predicted molar refractivity (Wildman–Crippen MR) is 95.9 cm³/mol. The minimum atomic E-state index is -3.23. The van der Waals surface area contributed by atoms with Crippen LogP contribution in [-0.2, 0) is 23.0 Å². The number of anilines is 1. The molecule has 4 rings (SSSR count). The van der Waals surface area contributed by atoms with Gasteiger partial charge in [0.15, 0.2) is 11.5 Å². The largest absolute Gasteiger partial charge is 0.454 e. The summed E-state index contributed by atoms with van der Waals surface area (Å²) in [6.45, 7) is 0.957. The number of rotatable bonds is 3. The summed E-state index contributed by atoms with van der Waals surface area (Å²) in [6, 6.07) is 10.6. The summed E-state index contributed by atoms with van der Waals surface area (Å²) in [4.78, 5) is 12.5. The van der Waals surface area contributed by atoms with E-state index in [2.05, 4.69) is 5.32 Å². The molecule has 2 aliphatic rings. The Morgan fingerprint density at radius 3 is 2.69 bits per heavy atom. The summed E-state index contributed by atoms with van der Waals surface area (Å²) in [6.07, 6.45) is 1.88. The summed E-state index contributed by atoms with van der Waals surface area (Å²) in [5, 5.41) is 2.85. The second kappa shape index (κ2) is 6.30. The van der Waals surface area contributed by atoms with Crippen molar-refractivity contribution in [3.05, 3.63) is 53.1 Å². The number of fused-ring (bicyclic) bond motifs is 2. The smallest absolute Gasteiger partial charge is 0.255 e. The summed E-state index contributed by atoms with van der Waals surface area (Å²) in [7, 11) is -3.23. The third kappa shape index (κ3) is 3.25. The van der Waals surface area contributed by atoms with Gasteiger partial charge in [0.1, 0.15) is 0 Å². The monoisotopic (exact) mass is 374 g/mol. The van der Waals surface area contributed by atoms with Gasteiger partial charge >= 0.3 is 0 Å². The topological polar surface area (TPSA) is 84.9 Å². The van der Waals surface area contributed by atoms with Crippen LogP contribution in [0.2, 0.25) is 0 Å². The lowest BCUT2D eigenvalue weighted by molar-refractivity contribution is 0.102. The Morgan fingerprint density at radius 1 is 1.08 bits per heavy atom. The van der Waals surface area contributed by atoms with Crippen LogP contribution in [0.1, 0.15) is 21.5 Å². The highest BCUT2D eigenvalue weighted by molar-refractivity contribution is 7.88. The molecule has 2 aliphatic heterocycles. The number of amides is 1. The highest BCUT2D eigenvalue weighted by Gasteiger charge is 2.23. The number of carbonyl (C=O) groups is 1. The minimum absolute atomic E-state index is 0.155. The summed E-state index contributed by atoms with van der Waals surface area (Å²) in [5.74, 6) is 0.905. The zero-order chi connectivity index (χ0) is 18.3. The number of ether oxygens (including phenoxy) is 2. The van der Waals surface area contributed by atoms with Gasteiger partial charge in [0, 0.05) is 24.3 Å². The van der Waals surface area contributed by atoms with Crippen LogP contribution in [0.5, 0.6) is 11.5 Å². The molecule has 8 heteroatoms. The maximum Gasteiger partial charge on any atom is 0.255 e. The van der Waals surface area contributed by atoms with Crippen molar-refractivity contribution in [1.82, 2.24) is 4.31 Å². The Morgan fingerprint density at radius 2 is 1.88 bits per heavy atom. The van der Waals surface area contributed by atoms with Crippen molar-refractivity contribution < 1.29 is 22.7 Å². The molecule has 2 aromatic carbocycles. The number of nitrogens with one attached hydrogen (secondary N) is 1. The molecule has 0 unspecified atom stereocenters. The van der Waals surface area contributed by atoms with Crippen LogP contribution in [0.15, 0.2) is 36.4 Å². The molecule has 0 bridgehead atoms. The molecule has 26 heavy (non-hydrogen) atoms. The lowest BCUT2D eigenvalue weighted by Gasteiger charge is -2.27. The van der Waals surface area contributed by atoms with E-state index in [1.54, 1.807) is 18.2 Å². The maximum absolute atomic E-state index is 12.5. The molecular formula is C18H18N2O5S. The number of carbonyl (C=O) groups excluding carboxylic acids is 1. The van der Waals surface area contributed by atoms with Crippen molar-refractivity contribution in [2.45, 2.75) is 13.0 Å². The van der Waals surface area contributed by atoms with Crippen molar-refractivity contribution >= 4 is 21.6 Å². The van der Waals surface area contributed by atoms with Crippen molar-refractivity contribution in [2.75, 3.05) is 24.9 Å². The number of benzene rings is 2. The van der Waals surface area contributed by atoms with E-state index >= 15 is 0 Å². The molecule has 0 atom stereocenters. The highest BCUT2D eigenvalue weighted by atomic mass is 32.2. The lowest BCUT2D eigenvalue weighted by atomic mass is 10.0. The molecule has 0 spiro atoms. The number of nitrogens with zero attached hydrogens (tertiary/aromatic N) is 1. The summed E-state index contributed by atoms with van der Waals surface area (Å²) < 4.78 is 35.5. The molecule has 0 fully saturated rings. The van der Waals surface area contributed by atoms with E-state index in [1.807, 2.05) is 18.2 Å². The lowest BCUT2D eigenvalue weighted by Crippen LogP contribution is -2.35. The first-order valence-electron chi connectivity index (χ1n) is 8.18. The number of hydrogen-bond acceptors (Lipinski definition) is 5. The molecule has 0 aromatic heterocycles. The van der Waals surface area contributed by atoms with Crippen molar-refractivity contribution in [3.8, 4) is 11.5 Å². The molecule has 0 saturated heterocycles. The quantitative estimate of drug-likeness (QED) is 0.888. The van der Waals surface area contributed by atoms with Crippen LogP contribution >= 0.6 is 0 Å². The third-order valence-electron chi connectivity index (χ3n) is 4.55. The first-order valence-corrected chi connectivity index (χ1v) is 10.0. The fourth-order valence-corrected chi connectivity index (χ4v) is 3.93. The van der Waals surface area contributed by atoms with Crippen LogP contribution in [-0.4, -0.2) is 38.2 Å². The third-order valence-corrected chi connectivity index (χ3v) is 5.79. The van der Waals surface area contributed by atoms with Crippen molar-refractivity contribution in [2.24, 2.45) is 0 Å². The van der Waals surface area contributed by atoms with Gasteiger partial charge in [-0.3, -0.25) is 4.79 Å². The highest BCUT2D eigenvalue weighted by Crippen LogP contribution is 2.32. The van der Waals surface area contributed by atoms with Crippen LogP contribution in [0, 0.1) is 0 Å². The van der Waals surface area contributed by atoms with E-state index in [0.717, 1.165) is 11.1 Å². The average Bonchev–Trinajstić information content (AvgIpc) is 3.08. The van der Waals surface area contributed by atoms with Gasteiger partial charge in [0.2, 0.25) is 16.8 Å². The first kappa shape index (κ1) is 16.9. The van der Waals surface area contributed by atoms with E-state index in [9.17, 15) is 13.2 Å². The molecule has 2 aromatic rings. The van der Waals surface area contributed by atoms with Gasteiger partial charge in [0.05, 0.1) is 6.26 Å². The molecule has 0 radical (unpaired) electrons. The molecule has 7 nitrogen and oxygen atoms in total. The molecule has 1 N–H and O–H groups in total. The number of hydrogen-bond donors (Lipinski definition) is 1. The Hall–Kier alpha value is -2.58. The van der Waals surface area contributed by atoms with Gasteiger partial charge < -0.3 is 14.8 Å². The summed E-state index contributed by atoms with van der Waals surface area (Å²) in [5.41, 5.74) is 3.10. The summed E-state index contributed by atoms with van der Waals surface area (Å²) >= 11 is 0. The van der Waals surface area contributed by atoms with Gasteiger partial charge in [-0.15, -0.1) is 0 Å². The van der Waals surface area contributed by atoms with Crippen LogP contribution < -0.4 is 14.8 Å². The average molecular weight is 374 g/mol. The molecule has 1 amide bonds. The van der Waals surface area contributed by atoms with Crippen molar-refractivity contribution in [1.29, 1.82) is 0 Å². The Kier molecular flexibility index (Phi) is 4.08. The maximum atomic E-state index is 12.5. The standard InChI is InChI=1S/C18H18N2O5S/c1-26(22,23)20-7-6-12-2-4-15(8-14(12)10-20)19-18(21)13-3-5-16-17(9-13)25-11-24-16/h2-5,8-9H,6-7,10-11H2,1H3,(H,19,21). The molecule has 2 heterocycles. The minimum Gasteiger partial charge on any atom is -0.454 e. The number of sulfonamides is 1. The fourth-order valence-electron chi connectivity index (χ4n) is 3.13. The van der Waals surface area contributed by atoms with Crippen LogP contribution in [0.3, 0.4) is 0 Å². The molecule has 136 valence electrons. The zero-order valence-electron chi connectivity index (χ0n) is 14.2. The van der Waals surface area contributed by atoms with E-state index in [1.165, 1.54) is 10.6 Å². The SMILES string of the molecule is CS(=O)(=O)N1CCc2ccc(NC(=O)c3ccc4c(c3)OCO4)cc2C1. The molecule has 0 saturated carbocycles. The van der Waals surface area contributed by atoms with Crippen molar-refractivity contribution in [3.63, 3.8) is 0 Å². The predicted octanol–water partition coefficient (Wildman–Crippen LogP) is 1.99. The normalized spacial score (nSPS) is 16.2. The van der Waals surface area contributed by atoms with Gasteiger partial charge in [-0.1, -0.05) is 6.07 Å². The van der Waals surface area contributed by atoms with Gasteiger partial charge in [-0.25, -0.2) is 8.42 Å². The van der Waals surface area contributed by atoms with E-state index in [0.29, 0.717) is 42.3 Å². The van der Waals surface area contributed by atoms with Gasteiger partial charge in [-0.05, 0) is 47.9 Å². The Balaban J connectivity index is 1.53. The first-order chi connectivity index (χ1) is 12.4. The molecular weight excluding hydrogens is 356 g/mol. The van der Waals surface area contributed by atoms with Gasteiger partial charge in [-0.2, -0.15) is 4.31 Å². The second-order valence-electron chi connectivity index (χ2n) is 6.35. The van der Waals surface area contributed by atoms with E-state index < -0.39 is 10.0 Å². The van der Waals surface area contributed by atoms with E-state index in [4.69, 9.17) is 9.47 Å². The van der Waals surface area contributed by atoms with Gasteiger partial charge in [0.25, 0.3) is 5.91 Å². The van der Waals surface area contributed by atoms with Crippen LogP contribution in [0.25, 0.3) is 0 Å². The Bertz CT molecular complexity index is 987. The molecule has 0 aliphatic carbocycles. The zero-order valence-corrected chi connectivity index (χ0v) is 15.0. The fraction of sp³-hybridized carbons (Fsp3) is 0.278. The Labute approximate surface area is 151 Å². The second-order valence-corrected chi connectivity index (χ2v) is 8.33. The van der Waals surface area contributed by atoms with Crippen LogP contribution in [0.4, 0.5) is 5.69 Å².